The molecule has 0 heterocycles. The van der Waals surface area contributed by atoms with Gasteiger partial charge in [-0.1, -0.05) is 0 Å². The van der Waals surface area contributed by atoms with Gasteiger partial charge in [-0.2, -0.15) is 0 Å². The molecule has 0 aliphatic heterocycles. The van der Waals surface area contributed by atoms with Gasteiger partial charge in [-0.3, -0.25) is 0 Å². The molecule has 0 aliphatic rings. The number of hydrogen-bond donors (Lipinski definition) is 1. The Bertz CT molecular complexity index is 380. The van der Waals surface area contributed by atoms with Crippen LogP contribution in [0.1, 0.15) is 24.2 Å². The van der Waals surface area contributed by atoms with Crippen LogP contribution in [0.25, 0.3) is 0 Å². The van der Waals surface area contributed by atoms with Crippen LogP contribution < -0.4 is 0 Å². The first-order valence-electron chi connectivity index (χ1n) is 5.67. The molecule has 17 heavy (non-hydrogen) atoms. The minimum atomic E-state index is -0.632. The Morgan fingerprint density at radius 3 is 2.59 bits per heavy atom. The summed E-state index contributed by atoms with van der Waals surface area (Å²) >= 11 is 1.66. The van der Waals surface area contributed by atoms with Crippen molar-refractivity contribution in [3.8, 4) is 0 Å². The van der Waals surface area contributed by atoms with Gasteiger partial charge in [0.25, 0.3) is 0 Å². The number of aliphatic hydroxyl groups excluding tert-OH is 1. The predicted octanol–water partition coefficient (Wildman–Crippen LogP) is 2.84. The SMILES string of the molecule is Cc1cc(SCCN(C)C)c([C@@H](C)O)cc1F. The molecular formula is C13H20FNOS. The molecule has 0 amide bonds. The van der Waals surface area contributed by atoms with Crippen molar-refractivity contribution in [3.63, 3.8) is 0 Å². The van der Waals surface area contributed by atoms with Crippen LogP contribution >= 0.6 is 11.8 Å². The lowest BCUT2D eigenvalue weighted by atomic mass is 10.1. The van der Waals surface area contributed by atoms with Crippen molar-refractivity contribution in [3.05, 3.63) is 29.1 Å². The smallest absolute Gasteiger partial charge is 0.126 e. The molecule has 0 aliphatic carbocycles. The summed E-state index contributed by atoms with van der Waals surface area (Å²) in [5, 5.41) is 9.64. The molecule has 1 atom stereocenters. The molecule has 0 spiro atoms. The van der Waals surface area contributed by atoms with Crippen molar-refractivity contribution < 1.29 is 9.50 Å². The minimum Gasteiger partial charge on any atom is -0.389 e. The zero-order valence-electron chi connectivity index (χ0n) is 10.8. The summed E-state index contributed by atoms with van der Waals surface area (Å²) in [6, 6.07) is 3.26. The van der Waals surface area contributed by atoms with E-state index in [4.69, 9.17) is 0 Å². The van der Waals surface area contributed by atoms with Crippen LogP contribution in [0.4, 0.5) is 4.39 Å². The third-order valence-corrected chi connectivity index (χ3v) is 3.59. The monoisotopic (exact) mass is 257 g/mol. The fourth-order valence-corrected chi connectivity index (χ4v) is 2.79. The van der Waals surface area contributed by atoms with Gasteiger partial charge in [0.05, 0.1) is 6.10 Å². The fraction of sp³-hybridized carbons (Fsp3) is 0.538. The van der Waals surface area contributed by atoms with E-state index in [0.717, 1.165) is 17.2 Å². The second kappa shape index (κ2) is 6.38. The first-order valence-corrected chi connectivity index (χ1v) is 6.66. The number of nitrogens with zero attached hydrogens (tertiary/aromatic N) is 1. The van der Waals surface area contributed by atoms with Crippen LogP contribution in [-0.4, -0.2) is 36.4 Å². The van der Waals surface area contributed by atoms with Crippen LogP contribution in [0.2, 0.25) is 0 Å². The van der Waals surface area contributed by atoms with Crippen LogP contribution in [0.15, 0.2) is 17.0 Å². The molecule has 2 nitrogen and oxygen atoms in total. The van der Waals surface area contributed by atoms with Crippen molar-refractivity contribution in [2.24, 2.45) is 0 Å². The first-order chi connectivity index (χ1) is 7.91. The molecule has 0 fully saturated rings. The number of halogens is 1. The molecule has 1 rings (SSSR count). The quantitative estimate of drug-likeness (QED) is 0.821. The average molecular weight is 257 g/mol. The van der Waals surface area contributed by atoms with E-state index in [2.05, 4.69) is 4.90 Å². The van der Waals surface area contributed by atoms with Gasteiger partial charge in [0.15, 0.2) is 0 Å². The lowest BCUT2D eigenvalue weighted by Crippen LogP contribution is -2.14. The highest BCUT2D eigenvalue weighted by Gasteiger charge is 2.12. The second-order valence-corrected chi connectivity index (χ2v) is 5.60. The summed E-state index contributed by atoms with van der Waals surface area (Å²) in [5.74, 6) is 0.676. The molecule has 96 valence electrons. The van der Waals surface area contributed by atoms with Crippen LogP contribution in [0, 0.1) is 12.7 Å². The maximum absolute atomic E-state index is 13.4. The Morgan fingerprint density at radius 2 is 2.06 bits per heavy atom. The van der Waals surface area contributed by atoms with E-state index in [1.165, 1.54) is 6.07 Å². The third-order valence-electron chi connectivity index (χ3n) is 2.54. The van der Waals surface area contributed by atoms with Gasteiger partial charge in [0.1, 0.15) is 5.82 Å². The Kier molecular flexibility index (Phi) is 5.43. The van der Waals surface area contributed by atoms with E-state index in [9.17, 15) is 9.50 Å². The number of rotatable bonds is 5. The summed E-state index contributed by atoms with van der Waals surface area (Å²) < 4.78 is 13.4. The van der Waals surface area contributed by atoms with Crippen LogP contribution in [-0.2, 0) is 0 Å². The van der Waals surface area contributed by atoms with Gasteiger partial charge >= 0.3 is 0 Å². The molecular weight excluding hydrogens is 237 g/mol. The number of benzene rings is 1. The summed E-state index contributed by atoms with van der Waals surface area (Å²) in [4.78, 5) is 3.08. The highest BCUT2D eigenvalue weighted by atomic mass is 32.2. The molecule has 0 saturated heterocycles. The standard InChI is InChI=1S/C13H20FNOS/c1-9-7-13(17-6-5-15(3)4)11(10(2)16)8-12(9)14/h7-8,10,16H,5-6H2,1-4H3/t10-/m1/s1. The summed E-state index contributed by atoms with van der Waals surface area (Å²) in [6.07, 6.45) is -0.632. The summed E-state index contributed by atoms with van der Waals surface area (Å²) in [6.45, 7) is 4.37. The van der Waals surface area contributed by atoms with Crippen molar-refractivity contribution in [2.75, 3.05) is 26.4 Å². The number of aliphatic hydroxyl groups is 1. The Hall–Kier alpha value is -0.580. The second-order valence-electron chi connectivity index (χ2n) is 4.47. The lowest BCUT2D eigenvalue weighted by molar-refractivity contribution is 0.196. The fourth-order valence-electron chi connectivity index (χ4n) is 1.46. The van der Waals surface area contributed by atoms with E-state index in [0.29, 0.717) is 11.1 Å². The topological polar surface area (TPSA) is 23.5 Å². The molecule has 0 bridgehead atoms. The van der Waals surface area contributed by atoms with Crippen LogP contribution in [0.3, 0.4) is 0 Å². The van der Waals surface area contributed by atoms with Gasteiger partial charge in [0.2, 0.25) is 0 Å². The van der Waals surface area contributed by atoms with Gasteiger partial charge in [-0.15, -0.1) is 11.8 Å². The largest absolute Gasteiger partial charge is 0.389 e. The van der Waals surface area contributed by atoms with E-state index in [1.807, 2.05) is 20.2 Å². The maximum Gasteiger partial charge on any atom is 0.126 e. The van der Waals surface area contributed by atoms with Gasteiger partial charge < -0.3 is 10.0 Å². The Morgan fingerprint density at radius 1 is 1.41 bits per heavy atom. The zero-order chi connectivity index (χ0) is 13.0. The molecule has 0 saturated carbocycles. The molecule has 1 aromatic carbocycles. The normalized spacial score (nSPS) is 13.1. The van der Waals surface area contributed by atoms with Crippen molar-refractivity contribution in [1.29, 1.82) is 0 Å². The predicted molar refractivity (Wildman–Crippen MR) is 71.0 cm³/mol. The molecule has 1 N–H and O–H groups in total. The summed E-state index contributed by atoms with van der Waals surface area (Å²) in [7, 11) is 4.04. The summed E-state index contributed by atoms with van der Waals surface area (Å²) in [5.41, 5.74) is 1.30. The highest BCUT2D eigenvalue weighted by Crippen LogP contribution is 2.29. The van der Waals surface area contributed by atoms with Crippen molar-refractivity contribution in [1.82, 2.24) is 4.90 Å². The third kappa shape index (κ3) is 4.30. The number of aryl methyl sites for hydroxylation is 1. The molecule has 1 aromatic rings. The van der Waals surface area contributed by atoms with E-state index in [1.54, 1.807) is 25.6 Å². The van der Waals surface area contributed by atoms with Crippen LogP contribution in [0.5, 0.6) is 0 Å². The minimum absolute atomic E-state index is 0.252. The van der Waals surface area contributed by atoms with E-state index >= 15 is 0 Å². The maximum atomic E-state index is 13.4. The number of thioether (sulfide) groups is 1. The lowest BCUT2D eigenvalue weighted by Gasteiger charge is -2.14. The Labute approximate surface area is 107 Å². The molecule has 4 heteroatoms. The molecule has 0 radical (unpaired) electrons. The molecule has 0 unspecified atom stereocenters. The first kappa shape index (κ1) is 14.5. The zero-order valence-corrected chi connectivity index (χ0v) is 11.6. The Balaban J connectivity index is 2.85. The molecule has 0 aromatic heterocycles. The van der Waals surface area contributed by atoms with Gasteiger partial charge in [-0.05, 0) is 51.2 Å². The van der Waals surface area contributed by atoms with Crippen molar-refractivity contribution >= 4 is 11.8 Å². The van der Waals surface area contributed by atoms with Crippen molar-refractivity contribution in [2.45, 2.75) is 24.8 Å². The average Bonchev–Trinajstić information content (AvgIpc) is 2.22. The van der Waals surface area contributed by atoms with E-state index < -0.39 is 6.10 Å². The number of hydrogen-bond acceptors (Lipinski definition) is 3. The van der Waals surface area contributed by atoms with E-state index in [-0.39, 0.29) is 5.82 Å². The van der Waals surface area contributed by atoms with Gasteiger partial charge in [-0.25, -0.2) is 4.39 Å². The highest BCUT2D eigenvalue weighted by molar-refractivity contribution is 7.99. The van der Waals surface area contributed by atoms with Gasteiger partial charge in [0, 0.05) is 17.2 Å².